The maximum atomic E-state index is 4.63. The Balaban J connectivity index is 2.41. The van der Waals surface area contributed by atoms with Gasteiger partial charge in [-0.15, -0.1) is 11.8 Å². The van der Waals surface area contributed by atoms with E-state index in [-0.39, 0.29) is 4.87 Å². The summed E-state index contributed by atoms with van der Waals surface area (Å²) >= 11 is 1.95. The van der Waals surface area contributed by atoms with Crippen molar-refractivity contribution in [2.45, 2.75) is 24.5 Å². The summed E-state index contributed by atoms with van der Waals surface area (Å²) in [6, 6.07) is 8.36. The average Bonchev–Trinajstić information content (AvgIpc) is 2.65. The van der Waals surface area contributed by atoms with Gasteiger partial charge in [0, 0.05) is 0 Å². The van der Waals surface area contributed by atoms with Crippen molar-refractivity contribution in [3.63, 3.8) is 0 Å². The molecule has 1 aliphatic heterocycles. The number of hydrogen-bond acceptors (Lipinski definition) is 2. The van der Waals surface area contributed by atoms with Gasteiger partial charge in [0.1, 0.15) is 5.82 Å². The minimum Gasteiger partial charge on any atom is -0.312 e. The molecule has 2 aromatic rings. The molecule has 3 rings (SSSR count). The molecule has 2 heterocycles. The number of para-hydroxylation sites is 2. The summed E-state index contributed by atoms with van der Waals surface area (Å²) in [5, 5.41) is 0. The van der Waals surface area contributed by atoms with Crippen LogP contribution in [0.3, 0.4) is 0 Å². The first kappa shape index (κ1) is 8.36. The number of imidazole rings is 1. The van der Waals surface area contributed by atoms with Crippen LogP contribution in [0.4, 0.5) is 0 Å². The van der Waals surface area contributed by atoms with E-state index in [0.29, 0.717) is 0 Å². The molecule has 0 N–H and O–H groups in total. The molecule has 1 aromatic heterocycles. The Hall–Kier alpha value is -0.960. The Morgan fingerprint density at radius 3 is 3.00 bits per heavy atom. The van der Waals surface area contributed by atoms with Gasteiger partial charge in [-0.2, -0.15) is 0 Å². The van der Waals surface area contributed by atoms with Gasteiger partial charge in [0.05, 0.1) is 21.7 Å². The zero-order valence-electron chi connectivity index (χ0n) is 8.32. The van der Waals surface area contributed by atoms with Crippen LogP contribution in [-0.2, 0) is 10.6 Å². The van der Waals surface area contributed by atoms with E-state index >= 15 is 0 Å². The molecule has 0 saturated heterocycles. The number of rotatable bonds is 0. The van der Waals surface area contributed by atoms with Crippen molar-refractivity contribution >= 4 is 22.8 Å². The second-order valence-corrected chi connectivity index (χ2v) is 5.66. The molecule has 0 bridgehead atoms. The van der Waals surface area contributed by atoms with E-state index in [1.165, 1.54) is 11.3 Å². The summed E-state index contributed by atoms with van der Waals surface area (Å²) in [4.78, 5) is 4.79. The molecule has 0 unspecified atom stereocenters. The molecule has 0 aliphatic carbocycles. The summed E-state index contributed by atoms with van der Waals surface area (Å²) in [5.41, 5.74) is 2.38. The van der Waals surface area contributed by atoms with E-state index in [1.54, 1.807) is 0 Å². The van der Waals surface area contributed by atoms with E-state index in [2.05, 4.69) is 41.6 Å². The topological polar surface area (TPSA) is 17.8 Å². The van der Waals surface area contributed by atoms with Crippen LogP contribution in [0.15, 0.2) is 24.3 Å². The molecule has 3 heteroatoms. The first-order valence-corrected chi connectivity index (χ1v) is 5.78. The fraction of sp³-hybridized carbons (Fsp3) is 0.364. The van der Waals surface area contributed by atoms with Crippen molar-refractivity contribution in [2.24, 2.45) is 0 Å². The molecule has 1 aromatic carbocycles. The standard InChI is InChI=1S/C11H12N2S/c1-11(2)13-9-6-4-3-5-8(9)12-10(13)7-14-11/h3-6H,7H2,1-2H3. The summed E-state index contributed by atoms with van der Waals surface area (Å²) < 4.78 is 2.35. The molecule has 2 nitrogen and oxygen atoms in total. The number of benzene rings is 1. The molecule has 1 aliphatic rings. The third kappa shape index (κ3) is 0.960. The van der Waals surface area contributed by atoms with Gasteiger partial charge in [-0.3, -0.25) is 0 Å². The lowest BCUT2D eigenvalue weighted by Gasteiger charge is -2.20. The second kappa shape index (κ2) is 2.54. The number of aromatic nitrogens is 2. The average molecular weight is 204 g/mol. The minimum absolute atomic E-state index is 0.158. The van der Waals surface area contributed by atoms with E-state index in [1.807, 2.05) is 17.8 Å². The predicted molar refractivity (Wildman–Crippen MR) is 60.4 cm³/mol. The van der Waals surface area contributed by atoms with Crippen LogP contribution in [0.5, 0.6) is 0 Å². The molecule has 72 valence electrons. The number of hydrogen-bond donors (Lipinski definition) is 0. The van der Waals surface area contributed by atoms with Gasteiger partial charge in [0.2, 0.25) is 0 Å². The van der Waals surface area contributed by atoms with Crippen molar-refractivity contribution in [2.75, 3.05) is 0 Å². The molecule has 0 atom stereocenters. The third-order valence-corrected chi connectivity index (χ3v) is 4.01. The highest BCUT2D eigenvalue weighted by molar-refractivity contribution is 7.99. The summed E-state index contributed by atoms with van der Waals surface area (Å²) in [7, 11) is 0. The predicted octanol–water partition coefficient (Wildman–Crippen LogP) is 2.98. The first-order chi connectivity index (χ1) is 6.68. The van der Waals surface area contributed by atoms with Crippen molar-refractivity contribution in [1.29, 1.82) is 0 Å². The van der Waals surface area contributed by atoms with Crippen LogP contribution >= 0.6 is 11.8 Å². The van der Waals surface area contributed by atoms with Crippen LogP contribution in [0, 0.1) is 0 Å². The largest absolute Gasteiger partial charge is 0.312 e. The van der Waals surface area contributed by atoms with Crippen molar-refractivity contribution < 1.29 is 0 Å². The zero-order chi connectivity index (χ0) is 9.76. The minimum atomic E-state index is 0.158. The second-order valence-electron chi connectivity index (χ2n) is 4.09. The number of nitrogens with zero attached hydrogens (tertiary/aromatic N) is 2. The van der Waals surface area contributed by atoms with Gasteiger partial charge in [0.15, 0.2) is 0 Å². The van der Waals surface area contributed by atoms with Crippen LogP contribution in [-0.4, -0.2) is 9.55 Å². The van der Waals surface area contributed by atoms with Gasteiger partial charge in [0.25, 0.3) is 0 Å². The van der Waals surface area contributed by atoms with Crippen LogP contribution in [0.25, 0.3) is 11.0 Å². The molecule has 0 radical (unpaired) electrons. The molecule has 0 fully saturated rings. The lowest BCUT2D eigenvalue weighted by Crippen LogP contribution is -2.17. The third-order valence-electron chi connectivity index (χ3n) is 2.72. The Morgan fingerprint density at radius 1 is 1.36 bits per heavy atom. The highest BCUT2D eigenvalue weighted by atomic mass is 32.2. The lowest BCUT2D eigenvalue weighted by atomic mass is 10.3. The quantitative estimate of drug-likeness (QED) is 0.656. The highest BCUT2D eigenvalue weighted by Crippen LogP contribution is 2.42. The Labute approximate surface area is 87.3 Å². The van der Waals surface area contributed by atoms with E-state index < -0.39 is 0 Å². The summed E-state index contributed by atoms with van der Waals surface area (Å²) in [6.07, 6.45) is 0. The molecule has 0 spiro atoms. The van der Waals surface area contributed by atoms with Crippen molar-refractivity contribution in [3.8, 4) is 0 Å². The summed E-state index contributed by atoms with van der Waals surface area (Å²) in [5.74, 6) is 2.24. The molecule has 14 heavy (non-hydrogen) atoms. The Morgan fingerprint density at radius 2 is 2.14 bits per heavy atom. The van der Waals surface area contributed by atoms with Gasteiger partial charge >= 0.3 is 0 Å². The van der Waals surface area contributed by atoms with Crippen LogP contribution < -0.4 is 0 Å². The normalized spacial score (nSPS) is 18.7. The van der Waals surface area contributed by atoms with Crippen molar-refractivity contribution in [3.05, 3.63) is 30.1 Å². The van der Waals surface area contributed by atoms with Crippen LogP contribution in [0.1, 0.15) is 19.7 Å². The number of fused-ring (bicyclic) bond motifs is 3. The van der Waals surface area contributed by atoms with Gasteiger partial charge in [-0.25, -0.2) is 4.98 Å². The van der Waals surface area contributed by atoms with E-state index in [4.69, 9.17) is 0 Å². The fourth-order valence-corrected chi connectivity index (χ4v) is 3.09. The van der Waals surface area contributed by atoms with Gasteiger partial charge < -0.3 is 4.57 Å². The van der Waals surface area contributed by atoms with Crippen molar-refractivity contribution in [1.82, 2.24) is 9.55 Å². The fourth-order valence-electron chi connectivity index (χ4n) is 2.08. The Kier molecular flexibility index (Phi) is 1.52. The Bertz CT molecular complexity index is 499. The molecular formula is C11H12N2S. The van der Waals surface area contributed by atoms with E-state index in [9.17, 15) is 0 Å². The highest BCUT2D eigenvalue weighted by Gasteiger charge is 2.32. The summed E-state index contributed by atoms with van der Waals surface area (Å²) in [6.45, 7) is 4.50. The molecule has 0 amide bonds. The zero-order valence-corrected chi connectivity index (χ0v) is 9.14. The van der Waals surface area contributed by atoms with Gasteiger partial charge in [-0.1, -0.05) is 12.1 Å². The smallest absolute Gasteiger partial charge is 0.121 e. The number of thioether (sulfide) groups is 1. The maximum Gasteiger partial charge on any atom is 0.121 e. The molecular weight excluding hydrogens is 192 g/mol. The monoisotopic (exact) mass is 204 g/mol. The molecule has 0 saturated carbocycles. The maximum absolute atomic E-state index is 4.63. The van der Waals surface area contributed by atoms with E-state index in [0.717, 1.165) is 11.3 Å². The lowest BCUT2D eigenvalue weighted by molar-refractivity contribution is 0.558. The SMILES string of the molecule is CC1(C)SCc2nc3ccccc3n21. The van der Waals surface area contributed by atoms with Crippen LogP contribution in [0.2, 0.25) is 0 Å². The van der Waals surface area contributed by atoms with Gasteiger partial charge in [-0.05, 0) is 26.0 Å². The first-order valence-electron chi connectivity index (χ1n) is 4.79.